The molecule has 2 rings (SSSR count). The van der Waals surface area contributed by atoms with Crippen molar-refractivity contribution in [3.05, 3.63) is 71.3 Å². The van der Waals surface area contributed by atoms with Crippen LogP contribution in [0.25, 0.3) is 0 Å². The zero-order valence-electron chi connectivity index (χ0n) is 10.9. The summed E-state index contributed by atoms with van der Waals surface area (Å²) >= 11 is 0. The van der Waals surface area contributed by atoms with Crippen LogP contribution in [-0.4, -0.2) is 0 Å². The van der Waals surface area contributed by atoms with E-state index in [4.69, 9.17) is 0 Å². The van der Waals surface area contributed by atoms with Crippen molar-refractivity contribution in [2.45, 2.75) is 32.6 Å². The monoisotopic (exact) mass is 224 g/mol. The Hall–Kier alpha value is -1.56. The molecule has 0 radical (unpaired) electrons. The molecule has 0 aliphatic rings. The zero-order valence-corrected chi connectivity index (χ0v) is 10.9. The molecule has 0 saturated carbocycles. The number of rotatable bonds is 3. The molecule has 0 saturated heterocycles. The Bertz CT molecular complexity index is 453. The molecule has 2 atom stereocenters. The molecule has 0 heteroatoms. The molecule has 0 heterocycles. The van der Waals surface area contributed by atoms with E-state index < -0.39 is 0 Å². The lowest BCUT2D eigenvalue weighted by Crippen LogP contribution is -2.04. The summed E-state index contributed by atoms with van der Waals surface area (Å²) in [4.78, 5) is 0. The molecule has 0 aliphatic heterocycles. The first-order valence-electron chi connectivity index (χ1n) is 6.30. The molecule has 0 fully saturated rings. The fraction of sp³-hybridized carbons (Fsp3) is 0.294. The standard InChI is InChI=1S/C17H20/c1-13-9-11-17(12-10-13)15(3)14(2)16-7-5-4-6-8-16/h4-12,14-15H,1-3H3. The fourth-order valence-corrected chi connectivity index (χ4v) is 2.20. The second-order valence-electron chi connectivity index (χ2n) is 4.90. The molecule has 0 bridgehead atoms. The second kappa shape index (κ2) is 5.18. The lowest BCUT2D eigenvalue weighted by molar-refractivity contribution is 0.623. The van der Waals surface area contributed by atoms with Crippen molar-refractivity contribution in [3.8, 4) is 0 Å². The van der Waals surface area contributed by atoms with Crippen LogP contribution in [0, 0.1) is 6.92 Å². The van der Waals surface area contributed by atoms with E-state index in [2.05, 4.69) is 75.4 Å². The summed E-state index contributed by atoms with van der Waals surface area (Å²) < 4.78 is 0. The first-order valence-corrected chi connectivity index (χ1v) is 6.30. The Balaban J connectivity index is 2.20. The molecular weight excluding hydrogens is 204 g/mol. The zero-order chi connectivity index (χ0) is 12.3. The van der Waals surface area contributed by atoms with Crippen LogP contribution >= 0.6 is 0 Å². The predicted octanol–water partition coefficient (Wildman–Crippen LogP) is 4.90. The average molecular weight is 224 g/mol. The van der Waals surface area contributed by atoms with Gasteiger partial charge in [0, 0.05) is 0 Å². The van der Waals surface area contributed by atoms with Crippen molar-refractivity contribution in [1.29, 1.82) is 0 Å². The molecule has 0 nitrogen and oxygen atoms in total. The van der Waals surface area contributed by atoms with Gasteiger partial charge in [0.05, 0.1) is 0 Å². The SMILES string of the molecule is Cc1ccc(C(C)C(C)c2ccccc2)cc1. The van der Waals surface area contributed by atoms with Crippen molar-refractivity contribution in [2.75, 3.05) is 0 Å². The van der Waals surface area contributed by atoms with E-state index in [1.165, 1.54) is 16.7 Å². The summed E-state index contributed by atoms with van der Waals surface area (Å²) in [6.45, 7) is 6.75. The van der Waals surface area contributed by atoms with Crippen LogP contribution in [0.2, 0.25) is 0 Å². The van der Waals surface area contributed by atoms with Gasteiger partial charge >= 0.3 is 0 Å². The normalized spacial score (nSPS) is 14.3. The van der Waals surface area contributed by atoms with Crippen LogP contribution in [-0.2, 0) is 0 Å². The van der Waals surface area contributed by atoms with E-state index in [-0.39, 0.29) is 0 Å². The van der Waals surface area contributed by atoms with Crippen LogP contribution in [0.3, 0.4) is 0 Å². The Morgan fingerprint density at radius 2 is 1.12 bits per heavy atom. The summed E-state index contributed by atoms with van der Waals surface area (Å²) in [6, 6.07) is 19.6. The molecular formula is C17H20. The van der Waals surface area contributed by atoms with Gasteiger partial charge < -0.3 is 0 Å². The summed E-state index contributed by atoms with van der Waals surface area (Å²) in [5.74, 6) is 1.11. The highest BCUT2D eigenvalue weighted by Gasteiger charge is 2.15. The van der Waals surface area contributed by atoms with Gasteiger partial charge in [0.15, 0.2) is 0 Å². The van der Waals surface area contributed by atoms with Gasteiger partial charge in [-0.25, -0.2) is 0 Å². The average Bonchev–Trinajstić information content (AvgIpc) is 2.39. The van der Waals surface area contributed by atoms with E-state index >= 15 is 0 Å². The van der Waals surface area contributed by atoms with Gasteiger partial charge in [-0.05, 0) is 29.9 Å². The maximum Gasteiger partial charge on any atom is -0.0124 e. The van der Waals surface area contributed by atoms with Crippen LogP contribution in [0.1, 0.15) is 42.4 Å². The number of hydrogen-bond donors (Lipinski definition) is 0. The van der Waals surface area contributed by atoms with Gasteiger partial charge in [-0.1, -0.05) is 74.0 Å². The molecule has 0 aliphatic carbocycles. The summed E-state index contributed by atoms with van der Waals surface area (Å²) in [5, 5.41) is 0. The molecule has 2 aromatic rings. The van der Waals surface area contributed by atoms with Crippen LogP contribution < -0.4 is 0 Å². The lowest BCUT2D eigenvalue weighted by Gasteiger charge is -2.21. The van der Waals surface area contributed by atoms with E-state index in [1.54, 1.807) is 0 Å². The number of aryl methyl sites for hydroxylation is 1. The Labute approximate surface area is 104 Å². The van der Waals surface area contributed by atoms with E-state index in [9.17, 15) is 0 Å². The molecule has 0 aromatic heterocycles. The van der Waals surface area contributed by atoms with Gasteiger partial charge in [0.1, 0.15) is 0 Å². The Kier molecular flexibility index (Phi) is 3.63. The van der Waals surface area contributed by atoms with Crippen LogP contribution in [0.15, 0.2) is 54.6 Å². The smallest absolute Gasteiger partial charge is 0.0124 e. The highest BCUT2D eigenvalue weighted by atomic mass is 14.2. The van der Waals surface area contributed by atoms with E-state index in [1.807, 2.05) is 0 Å². The van der Waals surface area contributed by atoms with Gasteiger partial charge in [0.2, 0.25) is 0 Å². The Morgan fingerprint density at radius 3 is 1.65 bits per heavy atom. The molecule has 17 heavy (non-hydrogen) atoms. The van der Waals surface area contributed by atoms with Crippen molar-refractivity contribution in [2.24, 2.45) is 0 Å². The predicted molar refractivity (Wildman–Crippen MR) is 74.5 cm³/mol. The lowest BCUT2D eigenvalue weighted by atomic mass is 9.84. The summed E-state index contributed by atoms with van der Waals surface area (Å²) in [6.07, 6.45) is 0. The third kappa shape index (κ3) is 2.76. The molecule has 0 amide bonds. The molecule has 0 spiro atoms. The van der Waals surface area contributed by atoms with Crippen molar-refractivity contribution in [1.82, 2.24) is 0 Å². The van der Waals surface area contributed by atoms with Gasteiger partial charge in [-0.2, -0.15) is 0 Å². The molecule has 2 aromatic carbocycles. The van der Waals surface area contributed by atoms with Gasteiger partial charge in [-0.3, -0.25) is 0 Å². The second-order valence-corrected chi connectivity index (χ2v) is 4.90. The third-order valence-electron chi connectivity index (χ3n) is 3.68. The minimum atomic E-state index is 0.554. The summed E-state index contributed by atoms with van der Waals surface area (Å²) in [5.41, 5.74) is 4.17. The van der Waals surface area contributed by atoms with Gasteiger partial charge in [-0.15, -0.1) is 0 Å². The number of hydrogen-bond acceptors (Lipinski definition) is 0. The highest BCUT2D eigenvalue weighted by molar-refractivity contribution is 5.29. The minimum Gasteiger partial charge on any atom is -0.0622 e. The quantitative estimate of drug-likeness (QED) is 0.695. The van der Waals surface area contributed by atoms with Crippen molar-refractivity contribution in [3.63, 3.8) is 0 Å². The first kappa shape index (κ1) is 11.9. The van der Waals surface area contributed by atoms with Crippen LogP contribution in [0.5, 0.6) is 0 Å². The molecule has 0 N–H and O–H groups in total. The highest BCUT2D eigenvalue weighted by Crippen LogP contribution is 2.31. The fourth-order valence-electron chi connectivity index (χ4n) is 2.20. The van der Waals surface area contributed by atoms with Crippen molar-refractivity contribution < 1.29 is 0 Å². The maximum absolute atomic E-state index is 2.31. The van der Waals surface area contributed by atoms with Gasteiger partial charge in [0.25, 0.3) is 0 Å². The molecule has 88 valence electrons. The third-order valence-corrected chi connectivity index (χ3v) is 3.68. The van der Waals surface area contributed by atoms with Crippen LogP contribution in [0.4, 0.5) is 0 Å². The molecule has 2 unspecified atom stereocenters. The first-order chi connectivity index (χ1) is 8.18. The topological polar surface area (TPSA) is 0 Å². The largest absolute Gasteiger partial charge is 0.0622 e. The van der Waals surface area contributed by atoms with Crippen molar-refractivity contribution >= 4 is 0 Å². The maximum atomic E-state index is 2.31. The Morgan fingerprint density at radius 1 is 0.647 bits per heavy atom. The van der Waals surface area contributed by atoms with E-state index in [0.29, 0.717) is 11.8 Å². The minimum absolute atomic E-state index is 0.554. The summed E-state index contributed by atoms with van der Waals surface area (Å²) in [7, 11) is 0. The number of benzene rings is 2. The van der Waals surface area contributed by atoms with E-state index in [0.717, 1.165) is 0 Å².